The number of phenolic OH excluding ortho intramolecular Hbond substituents is 1. The Kier molecular flexibility index (Phi) is 5.36. The van der Waals surface area contributed by atoms with E-state index in [0.29, 0.717) is 24.4 Å². The fraction of sp³-hybridized carbons (Fsp3) is 0.429. The fourth-order valence-corrected chi connectivity index (χ4v) is 1.64. The molecule has 0 fully saturated rings. The maximum atomic E-state index is 12.1. The molecule has 0 spiro atoms. The number of carbonyl (C=O) groups excluding carboxylic acids is 1. The lowest BCUT2D eigenvalue weighted by Crippen LogP contribution is -2.35. The molecule has 0 atom stereocenters. The lowest BCUT2D eigenvalue weighted by Gasteiger charge is -2.21. The Bertz CT molecular complexity index is 439. The summed E-state index contributed by atoms with van der Waals surface area (Å²) in [5, 5.41) is 18.1. The van der Waals surface area contributed by atoms with E-state index in [1.807, 2.05) is 13.8 Å². The van der Waals surface area contributed by atoms with E-state index in [0.717, 1.165) is 0 Å². The molecule has 5 nitrogen and oxygen atoms in total. The predicted molar refractivity (Wildman–Crippen MR) is 72.2 cm³/mol. The van der Waals surface area contributed by atoms with Crippen LogP contribution >= 0.6 is 0 Å². The van der Waals surface area contributed by atoms with Crippen molar-refractivity contribution in [1.29, 1.82) is 0 Å². The van der Waals surface area contributed by atoms with E-state index < -0.39 is 5.97 Å². The molecule has 0 aliphatic carbocycles. The molecule has 1 rings (SSSR count). The highest BCUT2D eigenvalue weighted by Crippen LogP contribution is 2.20. The van der Waals surface area contributed by atoms with Gasteiger partial charge in [-0.15, -0.1) is 0 Å². The summed E-state index contributed by atoms with van der Waals surface area (Å²) in [7, 11) is 0. The van der Waals surface area contributed by atoms with E-state index in [9.17, 15) is 14.7 Å². The van der Waals surface area contributed by atoms with Crippen molar-refractivity contribution < 1.29 is 19.8 Å². The molecule has 2 N–H and O–H groups in total. The number of rotatable bonds is 6. The standard InChI is InChI=1S/C14H19NO4/c1-10(2)3-8-13(17)15(9-14(18)19)11-4-6-12(16)7-5-11/h4-7,10,16H,3,8-9H2,1-2H3,(H,18,19). The third kappa shape index (κ3) is 4.99. The summed E-state index contributed by atoms with van der Waals surface area (Å²) in [4.78, 5) is 24.1. The molecule has 0 radical (unpaired) electrons. The summed E-state index contributed by atoms with van der Waals surface area (Å²) in [6.07, 6.45) is 1.03. The SMILES string of the molecule is CC(C)CCC(=O)N(CC(=O)O)c1ccc(O)cc1. The number of hydrogen-bond acceptors (Lipinski definition) is 3. The largest absolute Gasteiger partial charge is 0.508 e. The van der Waals surface area contributed by atoms with Crippen LogP contribution in [0, 0.1) is 5.92 Å². The van der Waals surface area contributed by atoms with Gasteiger partial charge in [0.05, 0.1) is 0 Å². The van der Waals surface area contributed by atoms with Crippen molar-refractivity contribution in [3.05, 3.63) is 24.3 Å². The van der Waals surface area contributed by atoms with Crippen LogP contribution in [0.25, 0.3) is 0 Å². The average molecular weight is 265 g/mol. The van der Waals surface area contributed by atoms with E-state index in [1.54, 1.807) is 0 Å². The molecular formula is C14H19NO4. The zero-order valence-corrected chi connectivity index (χ0v) is 11.2. The molecule has 0 unspecified atom stereocenters. The molecule has 1 aromatic rings. The van der Waals surface area contributed by atoms with Gasteiger partial charge in [-0.3, -0.25) is 9.59 Å². The second kappa shape index (κ2) is 6.78. The van der Waals surface area contributed by atoms with Gasteiger partial charge in [0.1, 0.15) is 12.3 Å². The van der Waals surface area contributed by atoms with Crippen molar-refractivity contribution in [3.8, 4) is 5.75 Å². The van der Waals surface area contributed by atoms with Crippen LogP contribution in [-0.4, -0.2) is 28.6 Å². The molecule has 1 amide bonds. The van der Waals surface area contributed by atoms with Gasteiger partial charge in [-0.2, -0.15) is 0 Å². The van der Waals surface area contributed by atoms with Gasteiger partial charge in [-0.25, -0.2) is 0 Å². The van der Waals surface area contributed by atoms with Gasteiger partial charge < -0.3 is 15.1 Å². The van der Waals surface area contributed by atoms with Crippen molar-refractivity contribution in [3.63, 3.8) is 0 Å². The summed E-state index contributed by atoms with van der Waals surface area (Å²) in [6, 6.07) is 5.93. The second-order valence-corrected chi connectivity index (χ2v) is 4.82. The van der Waals surface area contributed by atoms with Crippen LogP contribution in [0.3, 0.4) is 0 Å². The van der Waals surface area contributed by atoms with Gasteiger partial charge >= 0.3 is 5.97 Å². The maximum Gasteiger partial charge on any atom is 0.323 e. The van der Waals surface area contributed by atoms with Crippen LogP contribution in [0.2, 0.25) is 0 Å². The average Bonchev–Trinajstić information content (AvgIpc) is 2.34. The first kappa shape index (κ1) is 15.0. The molecule has 0 aliphatic rings. The highest BCUT2D eigenvalue weighted by molar-refractivity contribution is 5.97. The summed E-state index contributed by atoms with van der Waals surface area (Å²) < 4.78 is 0. The number of aliphatic carboxylic acids is 1. The molecule has 0 saturated carbocycles. The Morgan fingerprint density at radius 1 is 1.21 bits per heavy atom. The van der Waals surface area contributed by atoms with E-state index >= 15 is 0 Å². The monoisotopic (exact) mass is 265 g/mol. The summed E-state index contributed by atoms with van der Waals surface area (Å²) in [6.45, 7) is 3.65. The molecule has 104 valence electrons. The minimum Gasteiger partial charge on any atom is -0.508 e. The highest BCUT2D eigenvalue weighted by Gasteiger charge is 2.18. The number of phenols is 1. The molecule has 0 aromatic heterocycles. The first-order chi connectivity index (χ1) is 8.90. The maximum absolute atomic E-state index is 12.1. The number of amides is 1. The number of anilines is 1. The predicted octanol–water partition coefficient (Wildman–Crippen LogP) is 2.25. The van der Waals surface area contributed by atoms with E-state index in [1.165, 1.54) is 29.2 Å². The van der Waals surface area contributed by atoms with Crippen molar-refractivity contribution in [2.45, 2.75) is 26.7 Å². The number of carbonyl (C=O) groups is 2. The Morgan fingerprint density at radius 3 is 2.26 bits per heavy atom. The first-order valence-electron chi connectivity index (χ1n) is 6.21. The number of aromatic hydroxyl groups is 1. The third-order valence-electron chi connectivity index (χ3n) is 2.69. The van der Waals surface area contributed by atoms with Gasteiger partial charge in [0.25, 0.3) is 0 Å². The van der Waals surface area contributed by atoms with Gasteiger partial charge in [0.15, 0.2) is 0 Å². The summed E-state index contributed by atoms with van der Waals surface area (Å²) >= 11 is 0. The van der Waals surface area contributed by atoms with Crippen LogP contribution in [0.4, 0.5) is 5.69 Å². The smallest absolute Gasteiger partial charge is 0.323 e. The zero-order chi connectivity index (χ0) is 14.4. The zero-order valence-electron chi connectivity index (χ0n) is 11.2. The Labute approximate surface area is 112 Å². The first-order valence-corrected chi connectivity index (χ1v) is 6.21. The van der Waals surface area contributed by atoms with Gasteiger partial charge in [-0.1, -0.05) is 13.8 Å². The van der Waals surface area contributed by atoms with Crippen LogP contribution < -0.4 is 4.90 Å². The van der Waals surface area contributed by atoms with Crippen molar-refractivity contribution in [2.75, 3.05) is 11.4 Å². The molecule has 0 aliphatic heterocycles. The highest BCUT2D eigenvalue weighted by atomic mass is 16.4. The van der Waals surface area contributed by atoms with Crippen molar-refractivity contribution in [1.82, 2.24) is 0 Å². The van der Waals surface area contributed by atoms with E-state index in [2.05, 4.69) is 0 Å². The Hall–Kier alpha value is -2.04. The third-order valence-corrected chi connectivity index (χ3v) is 2.69. The summed E-state index contributed by atoms with van der Waals surface area (Å²) in [5.41, 5.74) is 0.481. The number of benzene rings is 1. The van der Waals surface area contributed by atoms with Crippen molar-refractivity contribution in [2.24, 2.45) is 5.92 Å². The van der Waals surface area contributed by atoms with Gasteiger partial charge in [0.2, 0.25) is 5.91 Å². The van der Waals surface area contributed by atoms with Crippen LogP contribution in [0.5, 0.6) is 5.75 Å². The minimum atomic E-state index is -1.06. The molecule has 0 bridgehead atoms. The van der Waals surface area contributed by atoms with Gasteiger partial charge in [-0.05, 0) is 36.6 Å². The minimum absolute atomic E-state index is 0.0775. The quantitative estimate of drug-likeness (QED) is 0.827. The molecule has 0 heterocycles. The second-order valence-electron chi connectivity index (χ2n) is 4.82. The number of hydrogen-bond donors (Lipinski definition) is 2. The van der Waals surface area contributed by atoms with Crippen LogP contribution in [0.15, 0.2) is 24.3 Å². The summed E-state index contributed by atoms with van der Waals surface area (Å²) in [5.74, 6) is -0.822. The number of nitrogens with zero attached hydrogens (tertiary/aromatic N) is 1. The topological polar surface area (TPSA) is 77.8 Å². The lowest BCUT2D eigenvalue weighted by atomic mass is 10.1. The number of carboxylic acid groups (broad SMARTS) is 1. The Balaban J connectivity index is 2.84. The number of carboxylic acids is 1. The molecule has 5 heteroatoms. The normalized spacial score (nSPS) is 10.5. The Morgan fingerprint density at radius 2 is 1.79 bits per heavy atom. The van der Waals surface area contributed by atoms with Crippen LogP contribution in [0.1, 0.15) is 26.7 Å². The fourth-order valence-electron chi connectivity index (χ4n) is 1.64. The van der Waals surface area contributed by atoms with Crippen LogP contribution in [-0.2, 0) is 9.59 Å². The van der Waals surface area contributed by atoms with Gasteiger partial charge in [0, 0.05) is 12.1 Å². The van der Waals surface area contributed by atoms with Crippen molar-refractivity contribution >= 4 is 17.6 Å². The molecule has 0 saturated heterocycles. The molecular weight excluding hydrogens is 246 g/mol. The van der Waals surface area contributed by atoms with E-state index in [4.69, 9.17) is 5.11 Å². The molecule has 19 heavy (non-hydrogen) atoms. The lowest BCUT2D eigenvalue weighted by molar-refractivity contribution is -0.136. The molecule has 1 aromatic carbocycles. The van der Waals surface area contributed by atoms with E-state index in [-0.39, 0.29) is 18.2 Å².